The maximum atomic E-state index is 14.5. The van der Waals surface area contributed by atoms with E-state index in [-0.39, 0.29) is 11.3 Å². The summed E-state index contributed by atoms with van der Waals surface area (Å²) in [5, 5.41) is 5.69. The van der Waals surface area contributed by atoms with Crippen LogP contribution in [0.25, 0.3) is 11.1 Å². The number of amides is 1. The van der Waals surface area contributed by atoms with E-state index >= 15 is 0 Å². The first-order valence-electron chi connectivity index (χ1n) is 10.7. The highest BCUT2D eigenvalue weighted by atomic mass is 19.1. The molecule has 0 aliphatic carbocycles. The van der Waals surface area contributed by atoms with Crippen molar-refractivity contribution in [2.75, 3.05) is 24.3 Å². The number of ether oxygens (including phenoxy) is 2. The summed E-state index contributed by atoms with van der Waals surface area (Å²) >= 11 is 0. The molecule has 34 heavy (non-hydrogen) atoms. The number of hydrogen-bond donors (Lipinski definition) is 2. The Balaban J connectivity index is 1.59. The zero-order valence-corrected chi connectivity index (χ0v) is 18.7. The molecule has 0 fully saturated rings. The van der Waals surface area contributed by atoms with E-state index in [9.17, 15) is 9.18 Å². The van der Waals surface area contributed by atoms with E-state index in [4.69, 9.17) is 9.47 Å². The summed E-state index contributed by atoms with van der Waals surface area (Å²) in [6.07, 6.45) is 3.28. The topological polar surface area (TPSA) is 85.4 Å². The molecule has 0 atom stereocenters. The van der Waals surface area contributed by atoms with Gasteiger partial charge in [0.1, 0.15) is 23.1 Å². The number of rotatable bonds is 8. The van der Waals surface area contributed by atoms with Crippen LogP contribution in [-0.4, -0.2) is 29.5 Å². The monoisotopic (exact) mass is 458 g/mol. The number of hydrogen-bond acceptors (Lipinski definition) is 6. The first-order valence-corrected chi connectivity index (χ1v) is 10.7. The predicted molar refractivity (Wildman–Crippen MR) is 129 cm³/mol. The van der Waals surface area contributed by atoms with Crippen molar-refractivity contribution in [3.05, 3.63) is 90.5 Å². The summed E-state index contributed by atoms with van der Waals surface area (Å²) in [4.78, 5) is 21.3. The number of carbonyl (C=O) groups excluding carboxylic acids is 1. The lowest BCUT2D eigenvalue weighted by Gasteiger charge is -2.12. The van der Waals surface area contributed by atoms with Crippen LogP contribution in [0, 0.1) is 5.82 Å². The largest absolute Gasteiger partial charge is 0.494 e. The van der Waals surface area contributed by atoms with Crippen molar-refractivity contribution in [3.63, 3.8) is 0 Å². The van der Waals surface area contributed by atoms with E-state index in [1.165, 1.54) is 18.2 Å². The van der Waals surface area contributed by atoms with Crippen LogP contribution >= 0.6 is 0 Å². The molecule has 0 unspecified atom stereocenters. The third-order valence-corrected chi connectivity index (χ3v) is 4.90. The zero-order valence-electron chi connectivity index (χ0n) is 18.7. The molecule has 0 aliphatic heterocycles. The Morgan fingerprint density at radius 1 is 0.971 bits per heavy atom. The molecule has 0 bridgehead atoms. The molecule has 2 N–H and O–H groups in total. The van der Waals surface area contributed by atoms with Crippen molar-refractivity contribution in [3.8, 4) is 28.5 Å². The minimum Gasteiger partial charge on any atom is -0.494 e. The Hall–Kier alpha value is -4.46. The summed E-state index contributed by atoms with van der Waals surface area (Å²) < 4.78 is 25.9. The molecule has 1 amide bonds. The molecular formula is C26H23FN4O3. The van der Waals surface area contributed by atoms with E-state index in [0.29, 0.717) is 29.7 Å². The second-order valence-electron chi connectivity index (χ2n) is 7.19. The standard InChI is InChI=1S/C26H23FN4O3/c1-3-33-19-7-4-6-18(15-19)31-25(32)22-16-20(9-10-23(22)27)34-26-21(8-5-12-30-26)17-11-13-29-24(14-17)28-2/h4-16H,3H2,1-2H3,(H,28,29)(H,31,32). The van der Waals surface area contributed by atoms with Gasteiger partial charge in [0.25, 0.3) is 5.91 Å². The van der Waals surface area contributed by atoms with Gasteiger partial charge in [0.05, 0.1) is 12.2 Å². The van der Waals surface area contributed by atoms with Gasteiger partial charge in [-0.3, -0.25) is 4.79 Å². The van der Waals surface area contributed by atoms with E-state index in [0.717, 1.165) is 11.1 Å². The second kappa shape index (κ2) is 10.4. The minimum absolute atomic E-state index is 0.154. The van der Waals surface area contributed by atoms with E-state index < -0.39 is 11.7 Å². The summed E-state index contributed by atoms with van der Waals surface area (Å²) in [5.41, 5.74) is 1.91. The average Bonchev–Trinajstić information content (AvgIpc) is 2.86. The summed E-state index contributed by atoms with van der Waals surface area (Å²) in [5.74, 6) is 0.626. The van der Waals surface area contributed by atoms with Crippen LogP contribution in [0.4, 0.5) is 15.9 Å². The van der Waals surface area contributed by atoms with Crippen LogP contribution in [-0.2, 0) is 0 Å². The van der Waals surface area contributed by atoms with Gasteiger partial charge < -0.3 is 20.1 Å². The van der Waals surface area contributed by atoms with Crippen molar-refractivity contribution >= 4 is 17.4 Å². The highest BCUT2D eigenvalue weighted by molar-refractivity contribution is 6.04. The number of aromatic nitrogens is 2. The number of halogens is 1. The molecule has 172 valence electrons. The van der Waals surface area contributed by atoms with Gasteiger partial charge in [0.2, 0.25) is 5.88 Å². The van der Waals surface area contributed by atoms with Crippen molar-refractivity contribution < 1.29 is 18.7 Å². The first-order chi connectivity index (χ1) is 16.6. The summed E-state index contributed by atoms with van der Waals surface area (Å²) in [6.45, 7) is 2.37. The van der Waals surface area contributed by atoms with Gasteiger partial charge in [-0.1, -0.05) is 6.07 Å². The number of nitrogens with zero attached hydrogens (tertiary/aromatic N) is 2. The van der Waals surface area contributed by atoms with Crippen LogP contribution in [0.15, 0.2) is 79.1 Å². The minimum atomic E-state index is -0.667. The number of benzene rings is 2. The number of carbonyl (C=O) groups is 1. The first kappa shape index (κ1) is 22.7. The van der Waals surface area contributed by atoms with Gasteiger partial charge in [-0.25, -0.2) is 14.4 Å². The quantitative estimate of drug-likeness (QED) is 0.349. The fourth-order valence-electron chi connectivity index (χ4n) is 3.31. The summed E-state index contributed by atoms with van der Waals surface area (Å²) in [6, 6.07) is 18.2. The van der Waals surface area contributed by atoms with Gasteiger partial charge in [0, 0.05) is 36.8 Å². The van der Waals surface area contributed by atoms with Gasteiger partial charge in [0.15, 0.2) is 0 Å². The maximum absolute atomic E-state index is 14.5. The molecule has 0 saturated carbocycles. The smallest absolute Gasteiger partial charge is 0.258 e. The van der Waals surface area contributed by atoms with E-state index in [1.54, 1.807) is 49.8 Å². The molecule has 2 aromatic heterocycles. The summed E-state index contributed by atoms with van der Waals surface area (Å²) in [7, 11) is 1.78. The lowest BCUT2D eigenvalue weighted by Crippen LogP contribution is -2.14. The highest BCUT2D eigenvalue weighted by Gasteiger charge is 2.16. The fraction of sp³-hybridized carbons (Fsp3) is 0.115. The van der Waals surface area contributed by atoms with Gasteiger partial charge >= 0.3 is 0 Å². The van der Waals surface area contributed by atoms with Crippen molar-refractivity contribution in [2.24, 2.45) is 0 Å². The van der Waals surface area contributed by atoms with Crippen molar-refractivity contribution in [1.29, 1.82) is 0 Å². The van der Waals surface area contributed by atoms with Crippen LogP contribution in [0.5, 0.6) is 17.4 Å². The lowest BCUT2D eigenvalue weighted by molar-refractivity contribution is 0.102. The number of nitrogens with one attached hydrogen (secondary N) is 2. The SMILES string of the molecule is CCOc1cccc(NC(=O)c2cc(Oc3ncccc3-c3ccnc(NC)c3)ccc2F)c1. The van der Waals surface area contributed by atoms with Crippen LogP contribution in [0.3, 0.4) is 0 Å². The zero-order chi connectivity index (χ0) is 23.9. The maximum Gasteiger partial charge on any atom is 0.258 e. The molecule has 0 radical (unpaired) electrons. The molecule has 2 heterocycles. The van der Waals surface area contributed by atoms with Gasteiger partial charge in [-0.05, 0) is 67.1 Å². The molecule has 7 nitrogen and oxygen atoms in total. The fourth-order valence-corrected chi connectivity index (χ4v) is 3.31. The van der Waals surface area contributed by atoms with Crippen LogP contribution in [0.2, 0.25) is 0 Å². The second-order valence-corrected chi connectivity index (χ2v) is 7.19. The predicted octanol–water partition coefficient (Wildman–Crippen LogP) is 5.77. The van der Waals surface area contributed by atoms with Crippen LogP contribution < -0.4 is 20.1 Å². The molecule has 8 heteroatoms. The van der Waals surface area contributed by atoms with Crippen molar-refractivity contribution in [1.82, 2.24) is 9.97 Å². The Morgan fingerprint density at radius 2 is 1.85 bits per heavy atom. The van der Waals surface area contributed by atoms with Gasteiger partial charge in [-0.2, -0.15) is 0 Å². The number of pyridine rings is 2. The van der Waals surface area contributed by atoms with E-state index in [2.05, 4.69) is 20.6 Å². The Bertz CT molecular complexity index is 1310. The Labute approximate surface area is 196 Å². The normalized spacial score (nSPS) is 10.4. The molecule has 0 spiro atoms. The number of anilines is 2. The Morgan fingerprint density at radius 3 is 2.68 bits per heavy atom. The Kier molecular flexibility index (Phi) is 6.98. The average molecular weight is 458 g/mol. The van der Waals surface area contributed by atoms with Crippen molar-refractivity contribution in [2.45, 2.75) is 6.92 Å². The lowest BCUT2D eigenvalue weighted by atomic mass is 10.1. The van der Waals surface area contributed by atoms with Gasteiger partial charge in [-0.15, -0.1) is 0 Å². The third-order valence-electron chi connectivity index (χ3n) is 4.90. The molecule has 0 aliphatic rings. The molecular weight excluding hydrogens is 435 g/mol. The molecule has 0 saturated heterocycles. The molecule has 4 rings (SSSR count). The van der Waals surface area contributed by atoms with Crippen LogP contribution in [0.1, 0.15) is 17.3 Å². The highest BCUT2D eigenvalue weighted by Crippen LogP contribution is 2.32. The van der Waals surface area contributed by atoms with E-state index in [1.807, 2.05) is 25.1 Å². The third kappa shape index (κ3) is 5.29. The molecule has 4 aromatic rings. The molecule has 2 aromatic carbocycles.